The van der Waals surface area contributed by atoms with Crippen LogP contribution in [0.2, 0.25) is 0 Å². The molecule has 2 atom stereocenters. The van der Waals surface area contributed by atoms with Crippen LogP contribution in [0.1, 0.15) is 19.3 Å². The topological polar surface area (TPSA) is 77.8 Å². The zero-order chi connectivity index (χ0) is 11.4. The molecule has 0 aliphatic heterocycles. The number of hydrogen-bond acceptors (Lipinski definition) is 3. The molecule has 0 amide bonds. The molecule has 0 aromatic rings. The Labute approximate surface area is 78.0 Å². The molecular formula is C7H11F3O4. The average Bonchev–Trinajstić information content (AvgIpc) is 2.35. The minimum atomic E-state index is -5.08. The van der Waals surface area contributed by atoms with Crippen molar-refractivity contribution in [3.63, 3.8) is 0 Å². The molecule has 1 aliphatic carbocycles. The van der Waals surface area contributed by atoms with Crippen LogP contribution < -0.4 is 0 Å². The summed E-state index contributed by atoms with van der Waals surface area (Å²) in [6, 6.07) is 0. The number of aliphatic hydroxyl groups is 2. The summed E-state index contributed by atoms with van der Waals surface area (Å²) in [7, 11) is 0. The molecule has 0 aromatic carbocycles. The van der Waals surface area contributed by atoms with E-state index in [4.69, 9.17) is 20.1 Å². The highest BCUT2D eigenvalue weighted by Crippen LogP contribution is 2.17. The monoisotopic (exact) mass is 216 g/mol. The standard InChI is InChI=1S/C5H10O2.C2HF3O2/c6-4-2-1-3-5(4)7;3-2(4,5)1(6)7/h4-7H,1-3H2;(H,6,7). The summed E-state index contributed by atoms with van der Waals surface area (Å²) in [4.78, 5) is 8.90. The summed E-state index contributed by atoms with van der Waals surface area (Å²) in [5, 5.41) is 24.6. The third kappa shape index (κ3) is 5.03. The highest BCUT2D eigenvalue weighted by molar-refractivity contribution is 5.73. The van der Waals surface area contributed by atoms with E-state index in [0.717, 1.165) is 19.3 Å². The molecule has 14 heavy (non-hydrogen) atoms. The second kappa shape index (κ2) is 5.16. The minimum absolute atomic E-state index is 0.431. The Morgan fingerprint density at radius 1 is 1.14 bits per heavy atom. The van der Waals surface area contributed by atoms with Gasteiger partial charge in [0.15, 0.2) is 0 Å². The van der Waals surface area contributed by atoms with E-state index >= 15 is 0 Å². The quantitative estimate of drug-likeness (QED) is 0.551. The molecule has 84 valence electrons. The van der Waals surface area contributed by atoms with Gasteiger partial charge in [-0.05, 0) is 19.3 Å². The van der Waals surface area contributed by atoms with Crippen LogP contribution in [0.5, 0.6) is 0 Å². The van der Waals surface area contributed by atoms with Gasteiger partial charge in [0, 0.05) is 0 Å². The molecule has 0 bridgehead atoms. The summed E-state index contributed by atoms with van der Waals surface area (Å²) in [6.45, 7) is 0. The second-order valence-corrected chi connectivity index (χ2v) is 2.87. The highest BCUT2D eigenvalue weighted by atomic mass is 19.4. The van der Waals surface area contributed by atoms with Crippen molar-refractivity contribution in [2.45, 2.75) is 37.6 Å². The summed E-state index contributed by atoms with van der Waals surface area (Å²) in [5.41, 5.74) is 0. The first kappa shape index (κ1) is 13.2. The van der Waals surface area contributed by atoms with Gasteiger partial charge in [-0.25, -0.2) is 4.79 Å². The molecule has 0 radical (unpaired) electrons. The van der Waals surface area contributed by atoms with Crippen molar-refractivity contribution in [2.75, 3.05) is 0 Å². The zero-order valence-electron chi connectivity index (χ0n) is 7.16. The van der Waals surface area contributed by atoms with E-state index < -0.39 is 24.4 Å². The van der Waals surface area contributed by atoms with E-state index in [9.17, 15) is 13.2 Å². The Hall–Kier alpha value is -0.820. The number of carbonyl (C=O) groups is 1. The summed E-state index contributed by atoms with van der Waals surface area (Å²) in [5.74, 6) is -2.76. The highest BCUT2D eigenvalue weighted by Gasteiger charge is 2.38. The number of carboxylic acid groups (broad SMARTS) is 1. The van der Waals surface area contributed by atoms with Crippen LogP contribution in [-0.2, 0) is 4.79 Å². The van der Waals surface area contributed by atoms with Gasteiger partial charge in [0.25, 0.3) is 0 Å². The Morgan fingerprint density at radius 2 is 1.43 bits per heavy atom. The first-order valence-corrected chi connectivity index (χ1v) is 3.91. The third-order valence-corrected chi connectivity index (χ3v) is 1.69. The lowest BCUT2D eigenvalue weighted by Gasteiger charge is -2.03. The molecule has 0 aromatic heterocycles. The molecule has 1 fully saturated rings. The Morgan fingerprint density at radius 3 is 1.50 bits per heavy atom. The fourth-order valence-corrected chi connectivity index (χ4v) is 0.921. The molecule has 0 spiro atoms. The molecule has 1 aliphatic rings. The number of aliphatic hydroxyl groups excluding tert-OH is 2. The van der Waals surface area contributed by atoms with Crippen LogP contribution in [0.15, 0.2) is 0 Å². The first-order chi connectivity index (χ1) is 6.25. The van der Waals surface area contributed by atoms with Gasteiger partial charge in [0.2, 0.25) is 0 Å². The third-order valence-electron chi connectivity index (χ3n) is 1.69. The predicted octanol–water partition coefficient (Wildman–Crippen LogP) is 0.525. The Balaban J connectivity index is 0.000000241. The number of rotatable bonds is 0. The van der Waals surface area contributed by atoms with Gasteiger partial charge >= 0.3 is 12.1 Å². The van der Waals surface area contributed by atoms with Crippen LogP contribution in [0, 0.1) is 0 Å². The molecule has 0 saturated heterocycles. The van der Waals surface area contributed by atoms with E-state index in [1.165, 1.54) is 0 Å². The lowest BCUT2D eigenvalue weighted by atomic mass is 10.3. The molecule has 7 heteroatoms. The Kier molecular flexibility index (Phi) is 4.86. The zero-order valence-corrected chi connectivity index (χ0v) is 7.16. The van der Waals surface area contributed by atoms with Gasteiger partial charge < -0.3 is 15.3 Å². The van der Waals surface area contributed by atoms with Crippen LogP contribution in [-0.4, -0.2) is 39.7 Å². The normalized spacial score (nSPS) is 26.6. The fraction of sp³-hybridized carbons (Fsp3) is 0.857. The van der Waals surface area contributed by atoms with Gasteiger partial charge in [-0.15, -0.1) is 0 Å². The number of hydrogen-bond donors (Lipinski definition) is 3. The number of alkyl halides is 3. The summed E-state index contributed by atoms with van der Waals surface area (Å²) >= 11 is 0. The van der Waals surface area contributed by atoms with Crippen molar-refractivity contribution < 1.29 is 33.3 Å². The smallest absolute Gasteiger partial charge is 0.475 e. The van der Waals surface area contributed by atoms with Gasteiger partial charge in [0.1, 0.15) is 0 Å². The number of aliphatic carboxylic acids is 1. The van der Waals surface area contributed by atoms with Crippen LogP contribution in [0.25, 0.3) is 0 Å². The fourth-order valence-electron chi connectivity index (χ4n) is 0.921. The van der Waals surface area contributed by atoms with Gasteiger partial charge in [-0.2, -0.15) is 13.2 Å². The van der Waals surface area contributed by atoms with Crippen LogP contribution >= 0.6 is 0 Å². The van der Waals surface area contributed by atoms with E-state index in [-0.39, 0.29) is 0 Å². The number of carboxylic acids is 1. The van der Waals surface area contributed by atoms with Crippen molar-refractivity contribution in [1.29, 1.82) is 0 Å². The summed E-state index contributed by atoms with van der Waals surface area (Å²) < 4.78 is 31.7. The first-order valence-electron chi connectivity index (χ1n) is 3.91. The lowest BCUT2D eigenvalue weighted by molar-refractivity contribution is -0.192. The molecule has 2 unspecified atom stereocenters. The maximum absolute atomic E-state index is 10.6. The van der Waals surface area contributed by atoms with Crippen molar-refractivity contribution in [1.82, 2.24) is 0 Å². The summed E-state index contributed by atoms with van der Waals surface area (Å²) in [6.07, 6.45) is -3.41. The van der Waals surface area contributed by atoms with Crippen LogP contribution in [0.3, 0.4) is 0 Å². The van der Waals surface area contributed by atoms with Crippen molar-refractivity contribution in [3.8, 4) is 0 Å². The van der Waals surface area contributed by atoms with Crippen molar-refractivity contribution >= 4 is 5.97 Å². The maximum atomic E-state index is 10.6. The molecule has 4 nitrogen and oxygen atoms in total. The van der Waals surface area contributed by atoms with Crippen molar-refractivity contribution in [3.05, 3.63) is 0 Å². The van der Waals surface area contributed by atoms with E-state index in [0.29, 0.717) is 0 Å². The average molecular weight is 216 g/mol. The SMILES string of the molecule is O=C(O)C(F)(F)F.OC1CCCC1O. The Bertz CT molecular complexity index is 184. The van der Waals surface area contributed by atoms with E-state index in [1.807, 2.05) is 0 Å². The molecular weight excluding hydrogens is 205 g/mol. The van der Waals surface area contributed by atoms with Gasteiger partial charge in [-0.3, -0.25) is 0 Å². The largest absolute Gasteiger partial charge is 0.490 e. The van der Waals surface area contributed by atoms with Gasteiger partial charge in [0.05, 0.1) is 12.2 Å². The lowest BCUT2D eigenvalue weighted by Crippen LogP contribution is -2.21. The maximum Gasteiger partial charge on any atom is 0.490 e. The van der Waals surface area contributed by atoms with E-state index in [2.05, 4.69) is 0 Å². The van der Waals surface area contributed by atoms with Gasteiger partial charge in [-0.1, -0.05) is 0 Å². The van der Waals surface area contributed by atoms with Crippen molar-refractivity contribution in [2.24, 2.45) is 0 Å². The molecule has 0 heterocycles. The number of halogens is 3. The molecule has 1 rings (SSSR count). The van der Waals surface area contributed by atoms with Crippen LogP contribution in [0.4, 0.5) is 13.2 Å². The minimum Gasteiger partial charge on any atom is -0.475 e. The molecule has 1 saturated carbocycles. The molecule has 3 N–H and O–H groups in total. The van der Waals surface area contributed by atoms with E-state index in [1.54, 1.807) is 0 Å². The second-order valence-electron chi connectivity index (χ2n) is 2.87. The predicted molar refractivity (Wildman–Crippen MR) is 39.6 cm³/mol.